The van der Waals surface area contributed by atoms with Crippen molar-refractivity contribution in [2.24, 2.45) is 5.73 Å². The van der Waals surface area contributed by atoms with Crippen LogP contribution in [0.15, 0.2) is 48.5 Å². The van der Waals surface area contributed by atoms with Gasteiger partial charge in [0.1, 0.15) is 11.8 Å². The van der Waals surface area contributed by atoms with E-state index in [2.05, 4.69) is 0 Å². The smallest absolute Gasteiger partial charge is 0.247 e. The minimum absolute atomic E-state index is 0.0420. The van der Waals surface area contributed by atoms with Crippen LogP contribution in [0.3, 0.4) is 0 Å². The lowest BCUT2D eigenvalue weighted by molar-refractivity contribution is -0.126. The summed E-state index contributed by atoms with van der Waals surface area (Å²) in [6.07, 6.45) is 0. The topological polar surface area (TPSA) is 55.6 Å². The molecule has 21 heavy (non-hydrogen) atoms. The molecule has 1 aliphatic heterocycles. The average Bonchev–Trinajstić information content (AvgIpc) is 2.53. The van der Waals surface area contributed by atoms with Crippen molar-refractivity contribution in [1.82, 2.24) is 0 Å². The van der Waals surface area contributed by atoms with Crippen molar-refractivity contribution in [1.29, 1.82) is 0 Å². The van der Waals surface area contributed by atoms with Gasteiger partial charge in [0.25, 0.3) is 0 Å². The van der Waals surface area contributed by atoms with E-state index in [-0.39, 0.29) is 11.9 Å². The average molecular weight is 282 g/mol. The lowest BCUT2D eigenvalue weighted by Crippen LogP contribution is -2.63. The molecule has 4 nitrogen and oxygen atoms in total. The lowest BCUT2D eigenvalue weighted by atomic mass is 9.88. The van der Waals surface area contributed by atoms with Crippen molar-refractivity contribution in [2.75, 3.05) is 12.0 Å². The van der Waals surface area contributed by atoms with E-state index in [1.54, 1.807) is 12.0 Å². The first-order chi connectivity index (χ1) is 10.1. The summed E-state index contributed by atoms with van der Waals surface area (Å²) >= 11 is 0. The minimum Gasteiger partial charge on any atom is -0.497 e. The zero-order chi connectivity index (χ0) is 15.0. The van der Waals surface area contributed by atoms with Crippen molar-refractivity contribution in [2.45, 2.75) is 19.0 Å². The van der Waals surface area contributed by atoms with Crippen LogP contribution in [0, 0.1) is 6.92 Å². The number of rotatable bonds is 3. The number of anilines is 1. The van der Waals surface area contributed by atoms with Gasteiger partial charge in [0.05, 0.1) is 13.2 Å². The molecule has 0 spiro atoms. The lowest BCUT2D eigenvalue weighted by Gasteiger charge is -2.45. The summed E-state index contributed by atoms with van der Waals surface area (Å²) in [5.74, 6) is 0.750. The Bertz CT molecular complexity index is 649. The number of benzene rings is 2. The molecule has 1 saturated heterocycles. The van der Waals surface area contributed by atoms with Crippen molar-refractivity contribution in [3.05, 3.63) is 59.7 Å². The van der Waals surface area contributed by atoms with Gasteiger partial charge in [-0.2, -0.15) is 0 Å². The fourth-order valence-corrected chi connectivity index (χ4v) is 2.66. The summed E-state index contributed by atoms with van der Waals surface area (Å²) in [5.41, 5.74) is 9.07. The molecular weight excluding hydrogens is 264 g/mol. The van der Waals surface area contributed by atoms with Crippen molar-refractivity contribution < 1.29 is 9.53 Å². The molecule has 0 unspecified atom stereocenters. The number of amides is 1. The van der Waals surface area contributed by atoms with Gasteiger partial charge in [0.15, 0.2) is 0 Å². The minimum atomic E-state index is -0.486. The first-order valence-corrected chi connectivity index (χ1v) is 6.91. The van der Waals surface area contributed by atoms with Crippen molar-refractivity contribution >= 4 is 11.6 Å². The van der Waals surface area contributed by atoms with E-state index in [9.17, 15) is 4.79 Å². The van der Waals surface area contributed by atoms with Crippen molar-refractivity contribution in [3.63, 3.8) is 0 Å². The molecular formula is C17H18N2O2. The first-order valence-electron chi connectivity index (χ1n) is 6.91. The molecule has 1 aliphatic rings. The maximum atomic E-state index is 12.1. The molecule has 2 atom stereocenters. The third-order valence-electron chi connectivity index (χ3n) is 3.91. The Morgan fingerprint density at radius 2 is 1.67 bits per heavy atom. The Hall–Kier alpha value is -2.33. The zero-order valence-corrected chi connectivity index (χ0v) is 12.1. The van der Waals surface area contributed by atoms with E-state index in [4.69, 9.17) is 10.5 Å². The molecule has 0 radical (unpaired) electrons. The van der Waals surface area contributed by atoms with E-state index >= 15 is 0 Å². The Morgan fingerprint density at radius 3 is 2.24 bits per heavy atom. The van der Waals surface area contributed by atoms with Gasteiger partial charge in [-0.25, -0.2) is 0 Å². The van der Waals surface area contributed by atoms with Gasteiger partial charge >= 0.3 is 0 Å². The molecule has 1 fully saturated rings. The SMILES string of the molecule is COc1ccc([C@@H]2[C@@H](N)C(=O)N2c2ccc(C)cc2)cc1. The van der Waals surface area contributed by atoms with E-state index in [0.29, 0.717) is 0 Å². The molecule has 0 bridgehead atoms. The number of ether oxygens (including phenoxy) is 1. The van der Waals surface area contributed by atoms with Gasteiger partial charge < -0.3 is 15.4 Å². The number of nitrogens with two attached hydrogens (primary N) is 1. The number of hydrogen-bond donors (Lipinski definition) is 1. The highest BCUT2D eigenvalue weighted by Crippen LogP contribution is 2.38. The van der Waals surface area contributed by atoms with Gasteiger partial charge in [-0.1, -0.05) is 29.8 Å². The standard InChI is InChI=1S/C17H18N2O2/c1-11-3-7-13(8-4-11)19-16(15(18)17(19)20)12-5-9-14(21-2)10-6-12/h3-10,15-16H,18H2,1-2H3/t15-,16-/m1/s1. The molecule has 0 aromatic heterocycles. The highest BCUT2D eigenvalue weighted by Gasteiger charge is 2.46. The Kier molecular flexibility index (Phi) is 3.39. The Labute approximate surface area is 124 Å². The molecule has 2 aromatic carbocycles. The Morgan fingerprint density at radius 1 is 1.05 bits per heavy atom. The van der Waals surface area contributed by atoms with Crippen LogP contribution < -0.4 is 15.4 Å². The second kappa shape index (κ2) is 5.22. The van der Waals surface area contributed by atoms with Crippen molar-refractivity contribution in [3.8, 4) is 5.75 Å². The predicted molar refractivity (Wildman–Crippen MR) is 82.4 cm³/mol. The molecule has 1 amide bonds. The summed E-state index contributed by atoms with van der Waals surface area (Å²) in [6, 6.07) is 15.0. The third kappa shape index (κ3) is 2.28. The number of nitrogens with zero attached hydrogens (tertiary/aromatic N) is 1. The first kappa shape index (κ1) is 13.6. The van der Waals surface area contributed by atoms with Gasteiger partial charge in [0.2, 0.25) is 5.91 Å². The normalized spacial score (nSPS) is 21.1. The summed E-state index contributed by atoms with van der Waals surface area (Å²) in [7, 11) is 1.63. The number of carbonyl (C=O) groups excluding carboxylic acids is 1. The number of β-lactam (4-membered cyclic amide) rings is 1. The highest BCUT2D eigenvalue weighted by molar-refractivity contribution is 6.05. The second-order valence-corrected chi connectivity index (χ2v) is 5.29. The number of hydrogen-bond acceptors (Lipinski definition) is 3. The molecule has 0 saturated carbocycles. The number of aryl methyl sites for hydroxylation is 1. The summed E-state index contributed by atoms with van der Waals surface area (Å²) < 4.78 is 5.16. The van der Waals surface area contributed by atoms with Crippen LogP contribution in [0.4, 0.5) is 5.69 Å². The molecule has 4 heteroatoms. The van der Waals surface area contributed by atoms with Gasteiger partial charge in [-0.05, 0) is 36.8 Å². The van der Waals surface area contributed by atoms with Gasteiger partial charge in [-0.3, -0.25) is 4.79 Å². The summed E-state index contributed by atoms with van der Waals surface area (Å²) in [5, 5.41) is 0. The third-order valence-corrected chi connectivity index (χ3v) is 3.91. The molecule has 1 heterocycles. The quantitative estimate of drug-likeness (QED) is 0.880. The zero-order valence-electron chi connectivity index (χ0n) is 12.1. The van der Waals surface area contributed by atoms with E-state index in [1.165, 1.54) is 0 Å². The second-order valence-electron chi connectivity index (χ2n) is 5.29. The Balaban J connectivity index is 1.92. The predicted octanol–water partition coefficient (Wildman–Crippen LogP) is 2.42. The van der Waals surface area contributed by atoms with Crippen LogP contribution in [0.25, 0.3) is 0 Å². The fourth-order valence-electron chi connectivity index (χ4n) is 2.66. The molecule has 0 aliphatic carbocycles. The van der Waals surface area contributed by atoms with E-state index < -0.39 is 6.04 Å². The van der Waals surface area contributed by atoms with Gasteiger partial charge in [-0.15, -0.1) is 0 Å². The van der Waals surface area contributed by atoms with E-state index in [1.807, 2.05) is 55.5 Å². The van der Waals surface area contributed by atoms with Crippen LogP contribution in [0.1, 0.15) is 17.2 Å². The van der Waals surface area contributed by atoms with Crippen LogP contribution in [0.5, 0.6) is 5.75 Å². The van der Waals surface area contributed by atoms with Crippen LogP contribution in [-0.4, -0.2) is 19.1 Å². The number of methoxy groups -OCH3 is 1. The maximum absolute atomic E-state index is 12.1. The van der Waals surface area contributed by atoms with E-state index in [0.717, 1.165) is 22.6 Å². The maximum Gasteiger partial charge on any atom is 0.247 e. The van der Waals surface area contributed by atoms with Gasteiger partial charge in [0, 0.05) is 5.69 Å². The van der Waals surface area contributed by atoms with Crippen LogP contribution in [-0.2, 0) is 4.79 Å². The summed E-state index contributed by atoms with van der Waals surface area (Å²) in [4.78, 5) is 13.9. The number of carbonyl (C=O) groups is 1. The molecule has 108 valence electrons. The monoisotopic (exact) mass is 282 g/mol. The van der Waals surface area contributed by atoms with Crippen LogP contribution >= 0.6 is 0 Å². The molecule has 2 aromatic rings. The fraction of sp³-hybridized carbons (Fsp3) is 0.235. The van der Waals surface area contributed by atoms with Crippen LogP contribution in [0.2, 0.25) is 0 Å². The summed E-state index contributed by atoms with van der Waals surface area (Å²) in [6.45, 7) is 2.02. The molecule has 3 rings (SSSR count). The highest BCUT2D eigenvalue weighted by atomic mass is 16.5. The largest absolute Gasteiger partial charge is 0.497 e. The molecule has 2 N–H and O–H groups in total.